The zero-order chi connectivity index (χ0) is 9.14. The maximum absolute atomic E-state index is 4.23. The van der Waals surface area contributed by atoms with Gasteiger partial charge in [0.2, 0.25) is 0 Å². The molecule has 0 aromatic carbocycles. The minimum absolute atomic E-state index is 0.477. The van der Waals surface area contributed by atoms with Crippen molar-refractivity contribution in [3.63, 3.8) is 0 Å². The first-order valence-corrected chi connectivity index (χ1v) is 4.35. The third-order valence-electron chi connectivity index (χ3n) is 2.14. The molecular weight excluding hydrogens is 146 g/mol. The first-order valence-electron chi connectivity index (χ1n) is 4.35. The number of hydrogen-bond acceptors (Lipinski definition) is 1. The third-order valence-corrected chi connectivity index (χ3v) is 2.14. The molecule has 1 nitrogen and oxygen atoms in total. The number of aryl methyl sites for hydroxylation is 1. The standard InChI is InChI=1S/C11H16N/c1-8(2)7-11-5-6-12-10(4)9(11)3/h5-6,8H,1,7H2,2-4H3. The van der Waals surface area contributed by atoms with Crippen LogP contribution in [0.4, 0.5) is 0 Å². The number of nitrogens with zero attached hydrogens (tertiary/aromatic N) is 1. The normalized spacial score (nSPS) is 10.8. The highest BCUT2D eigenvalue weighted by molar-refractivity contribution is 5.28. The lowest BCUT2D eigenvalue weighted by Crippen LogP contribution is -1.99. The van der Waals surface area contributed by atoms with Gasteiger partial charge in [-0.15, -0.1) is 0 Å². The van der Waals surface area contributed by atoms with E-state index in [9.17, 15) is 0 Å². The molecule has 0 spiro atoms. The molecule has 0 N–H and O–H groups in total. The van der Waals surface area contributed by atoms with Crippen LogP contribution in [0.1, 0.15) is 23.7 Å². The van der Waals surface area contributed by atoms with Gasteiger partial charge in [0, 0.05) is 11.9 Å². The van der Waals surface area contributed by atoms with Gasteiger partial charge in [-0.3, -0.25) is 4.98 Å². The van der Waals surface area contributed by atoms with Gasteiger partial charge in [-0.05, 0) is 43.4 Å². The Morgan fingerprint density at radius 2 is 2.17 bits per heavy atom. The van der Waals surface area contributed by atoms with Gasteiger partial charge in [-0.1, -0.05) is 13.8 Å². The van der Waals surface area contributed by atoms with Crippen LogP contribution in [0.5, 0.6) is 0 Å². The van der Waals surface area contributed by atoms with Crippen molar-refractivity contribution >= 4 is 0 Å². The Bertz CT molecular complexity index is 264. The first kappa shape index (κ1) is 9.24. The quantitative estimate of drug-likeness (QED) is 0.651. The molecule has 1 radical (unpaired) electrons. The molecule has 0 aliphatic carbocycles. The van der Waals surface area contributed by atoms with Gasteiger partial charge >= 0.3 is 0 Å². The fourth-order valence-corrected chi connectivity index (χ4v) is 1.29. The van der Waals surface area contributed by atoms with Crippen molar-refractivity contribution in [2.75, 3.05) is 0 Å². The Balaban J connectivity index is 2.92. The topological polar surface area (TPSA) is 12.9 Å². The molecule has 65 valence electrons. The van der Waals surface area contributed by atoms with E-state index >= 15 is 0 Å². The minimum atomic E-state index is 0.477. The van der Waals surface area contributed by atoms with Crippen LogP contribution in [-0.2, 0) is 6.42 Å². The number of hydrogen-bond donors (Lipinski definition) is 0. The lowest BCUT2D eigenvalue weighted by Gasteiger charge is -2.09. The van der Waals surface area contributed by atoms with E-state index < -0.39 is 0 Å². The molecule has 1 heteroatoms. The molecule has 1 aromatic heterocycles. The molecule has 0 aliphatic heterocycles. The highest BCUT2D eigenvalue weighted by atomic mass is 14.7. The summed E-state index contributed by atoms with van der Waals surface area (Å²) >= 11 is 0. The molecule has 0 aliphatic rings. The second kappa shape index (κ2) is 3.70. The van der Waals surface area contributed by atoms with Gasteiger partial charge in [0.25, 0.3) is 0 Å². The molecule has 0 saturated heterocycles. The van der Waals surface area contributed by atoms with Crippen molar-refractivity contribution in [3.05, 3.63) is 36.0 Å². The Morgan fingerprint density at radius 1 is 1.50 bits per heavy atom. The monoisotopic (exact) mass is 162 g/mol. The first-order chi connectivity index (χ1) is 5.61. The zero-order valence-electron chi connectivity index (χ0n) is 8.09. The predicted molar refractivity (Wildman–Crippen MR) is 51.9 cm³/mol. The van der Waals surface area contributed by atoms with Crippen LogP contribution in [0, 0.1) is 26.7 Å². The molecule has 0 bridgehead atoms. The van der Waals surface area contributed by atoms with Crippen molar-refractivity contribution < 1.29 is 0 Å². The van der Waals surface area contributed by atoms with E-state index in [2.05, 4.69) is 31.8 Å². The van der Waals surface area contributed by atoms with Crippen molar-refractivity contribution in [1.29, 1.82) is 0 Å². The summed E-state index contributed by atoms with van der Waals surface area (Å²) in [6.45, 7) is 10.3. The van der Waals surface area contributed by atoms with Crippen molar-refractivity contribution in [3.8, 4) is 0 Å². The van der Waals surface area contributed by atoms with E-state index in [0.29, 0.717) is 5.92 Å². The SMILES string of the molecule is [CH2]C(C)Cc1ccnc(C)c1C. The summed E-state index contributed by atoms with van der Waals surface area (Å²) in [6, 6.07) is 2.09. The van der Waals surface area contributed by atoms with Crippen LogP contribution in [0.25, 0.3) is 0 Å². The molecule has 12 heavy (non-hydrogen) atoms. The van der Waals surface area contributed by atoms with Gasteiger partial charge in [0.05, 0.1) is 0 Å². The zero-order valence-corrected chi connectivity index (χ0v) is 8.09. The van der Waals surface area contributed by atoms with Crippen LogP contribution in [0.15, 0.2) is 12.3 Å². The van der Waals surface area contributed by atoms with Crippen molar-refractivity contribution in [2.24, 2.45) is 5.92 Å². The average Bonchev–Trinajstić information content (AvgIpc) is 1.98. The van der Waals surface area contributed by atoms with E-state index in [1.54, 1.807) is 0 Å². The summed E-state index contributed by atoms with van der Waals surface area (Å²) in [7, 11) is 0. The summed E-state index contributed by atoms with van der Waals surface area (Å²) in [5.74, 6) is 0.477. The van der Waals surface area contributed by atoms with Crippen molar-refractivity contribution in [1.82, 2.24) is 4.98 Å². The van der Waals surface area contributed by atoms with E-state index in [0.717, 1.165) is 12.1 Å². The number of pyridine rings is 1. The largest absolute Gasteiger partial charge is 0.261 e. The Morgan fingerprint density at radius 3 is 2.75 bits per heavy atom. The number of rotatable bonds is 2. The molecule has 1 aromatic rings. The molecule has 1 unspecified atom stereocenters. The second-order valence-electron chi connectivity index (χ2n) is 3.49. The predicted octanol–water partition coefficient (Wildman–Crippen LogP) is 2.71. The van der Waals surface area contributed by atoms with E-state index in [1.165, 1.54) is 11.1 Å². The fraction of sp³-hybridized carbons (Fsp3) is 0.455. The highest BCUT2D eigenvalue weighted by Crippen LogP contribution is 2.14. The summed E-state index contributed by atoms with van der Waals surface area (Å²) in [5.41, 5.74) is 3.83. The smallest absolute Gasteiger partial charge is 0.0404 e. The second-order valence-corrected chi connectivity index (χ2v) is 3.49. The Hall–Kier alpha value is -0.850. The summed E-state index contributed by atoms with van der Waals surface area (Å²) < 4.78 is 0. The maximum Gasteiger partial charge on any atom is 0.0404 e. The molecule has 0 amide bonds. The molecule has 1 heterocycles. The number of aromatic nitrogens is 1. The van der Waals surface area contributed by atoms with E-state index in [4.69, 9.17) is 0 Å². The van der Waals surface area contributed by atoms with Gasteiger partial charge in [-0.25, -0.2) is 0 Å². The van der Waals surface area contributed by atoms with Gasteiger partial charge in [-0.2, -0.15) is 0 Å². The molecule has 0 fully saturated rings. The molecular formula is C11H16N. The highest BCUT2D eigenvalue weighted by Gasteiger charge is 2.03. The molecule has 1 rings (SSSR count). The van der Waals surface area contributed by atoms with Gasteiger partial charge in [0.15, 0.2) is 0 Å². The lowest BCUT2D eigenvalue weighted by molar-refractivity contribution is 0.713. The van der Waals surface area contributed by atoms with Crippen LogP contribution < -0.4 is 0 Å². The Labute approximate surface area is 74.8 Å². The van der Waals surface area contributed by atoms with Gasteiger partial charge < -0.3 is 0 Å². The average molecular weight is 162 g/mol. The summed E-state index contributed by atoms with van der Waals surface area (Å²) in [6.07, 6.45) is 2.93. The Kier molecular flexibility index (Phi) is 2.85. The third kappa shape index (κ3) is 2.07. The molecule has 1 atom stereocenters. The summed E-state index contributed by atoms with van der Waals surface area (Å²) in [4.78, 5) is 4.23. The molecule has 0 saturated carbocycles. The van der Waals surface area contributed by atoms with Crippen LogP contribution in [0.2, 0.25) is 0 Å². The van der Waals surface area contributed by atoms with Gasteiger partial charge in [0.1, 0.15) is 0 Å². The fourth-order valence-electron chi connectivity index (χ4n) is 1.29. The summed E-state index contributed by atoms with van der Waals surface area (Å²) in [5, 5.41) is 0. The van der Waals surface area contributed by atoms with Crippen molar-refractivity contribution in [2.45, 2.75) is 27.2 Å². The van der Waals surface area contributed by atoms with E-state index in [1.807, 2.05) is 13.1 Å². The van der Waals surface area contributed by atoms with Crippen LogP contribution in [0.3, 0.4) is 0 Å². The lowest BCUT2D eigenvalue weighted by atomic mass is 9.99. The maximum atomic E-state index is 4.23. The minimum Gasteiger partial charge on any atom is -0.261 e. The van der Waals surface area contributed by atoms with Crippen LogP contribution >= 0.6 is 0 Å². The van der Waals surface area contributed by atoms with E-state index in [-0.39, 0.29) is 0 Å². The van der Waals surface area contributed by atoms with Crippen LogP contribution in [-0.4, -0.2) is 4.98 Å².